The maximum absolute atomic E-state index is 12.1. The van der Waals surface area contributed by atoms with Crippen LogP contribution in [0.2, 0.25) is 0 Å². The fraction of sp³-hybridized carbons (Fsp3) is 0.214. The van der Waals surface area contributed by atoms with Gasteiger partial charge in [0.15, 0.2) is 0 Å². The zero-order chi connectivity index (χ0) is 13.1. The highest BCUT2D eigenvalue weighted by Crippen LogP contribution is 2.17. The van der Waals surface area contributed by atoms with Crippen LogP contribution in [0.1, 0.15) is 27.0 Å². The summed E-state index contributed by atoms with van der Waals surface area (Å²) < 4.78 is 0.921. The van der Waals surface area contributed by atoms with Crippen molar-refractivity contribution in [2.24, 2.45) is 0 Å². The van der Waals surface area contributed by atoms with Crippen molar-refractivity contribution in [3.63, 3.8) is 0 Å². The number of aryl methyl sites for hydroxylation is 2. The molecule has 0 aliphatic heterocycles. The van der Waals surface area contributed by atoms with Crippen molar-refractivity contribution in [3.05, 3.63) is 55.7 Å². The molecule has 0 aliphatic rings. The number of nitrogens with one attached hydrogen (secondary N) is 1. The van der Waals surface area contributed by atoms with Crippen LogP contribution in [0.4, 0.5) is 0 Å². The summed E-state index contributed by atoms with van der Waals surface area (Å²) in [4.78, 5) is 12.1. The van der Waals surface area contributed by atoms with Gasteiger partial charge in [-0.25, -0.2) is 0 Å². The van der Waals surface area contributed by atoms with Gasteiger partial charge in [-0.15, -0.1) is 0 Å². The number of hydrogen-bond donors (Lipinski definition) is 1. The van der Waals surface area contributed by atoms with Gasteiger partial charge >= 0.3 is 0 Å². The second-order valence-electron chi connectivity index (χ2n) is 4.22. The van der Waals surface area contributed by atoms with Gasteiger partial charge in [0, 0.05) is 16.6 Å². The number of amides is 1. The molecule has 0 atom stereocenters. The molecular weight excluding hydrogens is 310 g/mol. The molecule has 1 aromatic heterocycles. The van der Waals surface area contributed by atoms with Crippen LogP contribution in [0.25, 0.3) is 0 Å². The third kappa shape index (κ3) is 3.00. The first-order valence-corrected chi connectivity index (χ1v) is 7.37. The standard InChI is InChI=1S/C14H14BrNOS/c1-9-3-4-12(15)5-13(9)14(17)16-6-11-8-18-7-10(11)2/h3-5,7-8H,6H2,1-2H3,(H,16,17). The number of benzene rings is 1. The lowest BCUT2D eigenvalue weighted by Gasteiger charge is -2.08. The van der Waals surface area contributed by atoms with Crippen molar-refractivity contribution >= 4 is 33.2 Å². The molecule has 1 heterocycles. The Balaban J connectivity index is 2.08. The largest absolute Gasteiger partial charge is 0.348 e. The highest BCUT2D eigenvalue weighted by atomic mass is 79.9. The molecule has 1 amide bonds. The quantitative estimate of drug-likeness (QED) is 0.906. The molecule has 0 spiro atoms. The molecule has 2 aromatic rings. The SMILES string of the molecule is Cc1cscc1CNC(=O)c1cc(Br)ccc1C. The van der Waals surface area contributed by atoms with Crippen LogP contribution in [0.15, 0.2) is 33.4 Å². The molecule has 1 aromatic carbocycles. The molecule has 0 aliphatic carbocycles. The van der Waals surface area contributed by atoms with Crippen molar-refractivity contribution in [2.75, 3.05) is 0 Å². The predicted octanol–water partition coefficient (Wildman–Crippen LogP) is 4.06. The first-order valence-electron chi connectivity index (χ1n) is 5.64. The summed E-state index contributed by atoms with van der Waals surface area (Å²) >= 11 is 5.05. The molecular formula is C14H14BrNOS. The van der Waals surface area contributed by atoms with Crippen LogP contribution < -0.4 is 5.32 Å². The first-order chi connectivity index (χ1) is 8.58. The van der Waals surface area contributed by atoms with E-state index in [0.29, 0.717) is 6.54 Å². The van der Waals surface area contributed by atoms with E-state index >= 15 is 0 Å². The Kier molecular flexibility index (Phi) is 4.19. The van der Waals surface area contributed by atoms with Crippen molar-refractivity contribution in [1.82, 2.24) is 5.32 Å². The summed E-state index contributed by atoms with van der Waals surface area (Å²) in [7, 11) is 0. The Hall–Kier alpha value is -1.13. The Labute approximate surface area is 119 Å². The van der Waals surface area contributed by atoms with Crippen molar-refractivity contribution in [2.45, 2.75) is 20.4 Å². The number of carbonyl (C=O) groups excluding carboxylic acids is 1. The van der Waals surface area contributed by atoms with Crippen LogP contribution in [-0.2, 0) is 6.54 Å². The van der Waals surface area contributed by atoms with Crippen molar-refractivity contribution in [3.8, 4) is 0 Å². The van der Waals surface area contributed by atoms with E-state index in [-0.39, 0.29) is 5.91 Å². The molecule has 0 saturated carbocycles. The maximum Gasteiger partial charge on any atom is 0.251 e. The lowest BCUT2D eigenvalue weighted by atomic mass is 10.1. The Morgan fingerprint density at radius 2 is 2.06 bits per heavy atom. The molecule has 0 saturated heterocycles. The molecule has 94 valence electrons. The van der Waals surface area contributed by atoms with E-state index in [1.165, 1.54) is 11.1 Å². The minimum absolute atomic E-state index is 0.0283. The zero-order valence-corrected chi connectivity index (χ0v) is 12.7. The van der Waals surface area contributed by atoms with E-state index in [0.717, 1.165) is 15.6 Å². The predicted molar refractivity (Wildman–Crippen MR) is 79.1 cm³/mol. The van der Waals surface area contributed by atoms with Gasteiger partial charge in [0.05, 0.1) is 0 Å². The van der Waals surface area contributed by atoms with Gasteiger partial charge in [-0.3, -0.25) is 4.79 Å². The van der Waals surface area contributed by atoms with Crippen LogP contribution in [0.3, 0.4) is 0 Å². The summed E-state index contributed by atoms with van der Waals surface area (Å²) in [6.45, 7) is 4.58. The minimum atomic E-state index is -0.0283. The van der Waals surface area contributed by atoms with E-state index in [9.17, 15) is 4.79 Å². The number of carbonyl (C=O) groups is 1. The summed E-state index contributed by atoms with van der Waals surface area (Å²) in [5, 5.41) is 7.12. The lowest BCUT2D eigenvalue weighted by molar-refractivity contribution is 0.0950. The summed E-state index contributed by atoms with van der Waals surface area (Å²) in [5.41, 5.74) is 4.11. The Morgan fingerprint density at radius 3 is 2.72 bits per heavy atom. The lowest BCUT2D eigenvalue weighted by Crippen LogP contribution is -2.23. The van der Waals surface area contributed by atoms with Gasteiger partial charge in [0.25, 0.3) is 5.91 Å². The average molecular weight is 324 g/mol. The molecule has 0 bridgehead atoms. The number of halogens is 1. The number of rotatable bonds is 3. The first kappa shape index (κ1) is 13.3. The van der Waals surface area contributed by atoms with Crippen LogP contribution in [-0.4, -0.2) is 5.91 Å². The summed E-state index contributed by atoms with van der Waals surface area (Å²) in [6, 6.07) is 5.73. The third-order valence-corrected chi connectivity index (χ3v) is 4.25. The molecule has 2 rings (SSSR count). The fourth-order valence-corrected chi connectivity index (χ4v) is 2.90. The highest BCUT2D eigenvalue weighted by molar-refractivity contribution is 9.10. The monoisotopic (exact) mass is 323 g/mol. The Morgan fingerprint density at radius 1 is 1.28 bits per heavy atom. The molecule has 4 heteroatoms. The van der Waals surface area contributed by atoms with Gasteiger partial charge in [-0.05, 0) is 53.4 Å². The van der Waals surface area contributed by atoms with Crippen LogP contribution in [0, 0.1) is 13.8 Å². The maximum atomic E-state index is 12.1. The van der Waals surface area contributed by atoms with Gasteiger partial charge in [0.2, 0.25) is 0 Å². The van der Waals surface area contributed by atoms with E-state index in [4.69, 9.17) is 0 Å². The molecule has 0 unspecified atom stereocenters. The zero-order valence-electron chi connectivity index (χ0n) is 10.3. The topological polar surface area (TPSA) is 29.1 Å². The third-order valence-electron chi connectivity index (χ3n) is 2.85. The van der Waals surface area contributed by atoms with Gasteiger partial charge in [-0.2, -0.15) is 11.3 Å². The molecule has 2 nitrogen and oxygen atoms in total. The van der Waals surface area contributed by atoms with Crippen molar-refractivity contribution in [1.29, 1.82) is 0 Å². The highest BCUT2D eigenvalue weighted by Gasteiger charge is 2.09. The molecule has 0 fully saturated rings. The minimum Gasteiger partial charge on any atom is -0.348 e. The van der Waals surface area contributed by atoms with Crippen LogP contribution in [0.5, 0.6) is 0 Å². The number of hydrogen-bond acceptors (Lipinski definition) is 2. The van der Waals surface area contributed by atoms with E-state index in [1.54, 1.807) is 11.3 Å². The van der Waals surface area contributed by atoms with Gasteiger partial charge in [0.1, 0.15) is 0 Å². The second kappa shape index (κ2) is 5.67. The van der Waals surface area contributed by atoms with Crippen LogP contribution >= 0.6 is 27.3 Å². The fourth-order valence-electron chi connectivity index (χ4n) is 1.68. The van der Waals surface area contributed by atoms with E-state index in [2.05, 4.69) is 38.9 Å². The summed E-state index contributed by atoms with van der Waals surface area (Å²) in [5.74, 6) is -0.0283. The molecule has 1 N–H and O–H groups in total. The normalized spacial score (nSPS) is 10.4. The smallest absolute Gasteiger partial charge is 0.251 e. The second-order valence-corrected chi connectivity index (χ2v) is 5.88. The average Bonchev–Trinajstić information content (AvgIpc) is 2.75. The number of thiophene rings is 1. The van der Waals surface area contributed by atoms with Crippen molar-refractivity contribution < 1.29 is 4.79 Å². The van der Waals surface area contributed by atoms with Gasteiger partial charge < -0.3 is 5.32 Å². The molecule has 18 heavy (non-hydrogen) atoms. The van der Waals surface area contributed by atoms with E-state index in [1.807, 2.05) is 25.1 Å². The molecule has 0 radical (unpaired) electrons. The van der Waals surface area contributed by atoms with Gasteiger partial charge in [-0.1, -0.05) is 22.0 Å². The Bertz CT molecular complexity index is 577. The summed E-state index contributed by atoms with van der Waals surface area (Å²) in [6.07, 6.45) is 0. The van der Waals surface area contributed by atoms with E-state index < -0.39 is 0 Å².